The van der Waals surface area contributed by atoms with Crippen LogP contribution in [0.1, 0.15) is 31.2 Å². The summed E-state index contributed by atoms with van der Waals surface area (Å²) in [6.07, 6.45) is 5.62. The van der Waals surface area contributed by atoms with Gasteiger partial charge >= 0.3 is 0 Å². The molecule has 3 rings (SSSR count). The van der Waals surface area contributed by atoms with Crippen LogP contribution in [0.15, 0.2) is 22.7 Å². The third-order valence-corrected chi connectivity index (χ3v) is 5.18. The van der Waals surface area contributed by atoms with Crippen LogP contribution in [0.2, 0.25) is 0 Å². The first-order chi connectivity index (χ1) is 9.72. The predicted octanol–water partition coefficient (Wildman–Crippen LogP) is 3.21. The molecule has 0 unspecified atom stereocenters. The molecule has 20 heavy (non-hydrogen) atoms. The monoisotopic (exact) mass is 338 g/mol. The number of phenolic OH excluding ortho intramolecular Hbond substituents is 1. The number of halogens is 1. The van der Waals surface area contributed by atoms with Crippen LogP contribution in [0, 0.1) is 0 Å². The summed E-state index contributed by atoms with van der Waals surface area (Å²) in [4.78, 5) is 5.12. The summed E-state index contributed by atoms with van der Waals surface area (Å²) in [5.74, 6) is 0.409. The van der Waals surface area contributed by atoms with Gasteiger partial charge in [0.15, 0.2) is 0 Å². The highest BCUT2D eigenvalue weighted by atomic mass is 79.9. The number of piperazine rings is 1. The minimum Gasteiger partial charge on any atom is -0.508 e. The van der Waals surface area contributed by atoms with Crippen LogP contribution in [-0.2, 0) is 6.54 Å². The summed E-state index contributed by atoms with van der Waals surface area (Å²) in [5, 5.41) is 9.93. The average molecular weight is 339 g/mol. The van der Waals surface area contributed by atoms with Gasteiger partial charge in [0.2, 0.25) is 0 Å². The lowest BCUT2D eigenvalue weighted by Crippen LogP contribution is -2.49. The van der Waals surface area contributed by atoms with Gasteiger partial charge in [-0.05, 0) is 31.0 Å². The van der Waals surface area contributed by atoms with Gasteiger partial charge in [-0.3, -0.25) is 9.80 Å². The zero-order chi connectivity index (χ0) is 13.9. The Morgan fingerprint density at radius 1 is 1.10 bits per heavy atom. The average Bonchev–Trinajstić information content (AvgIpc) is 2.98. The molecule has 2 aliphatic rings. The van der Waals surface area contributed by atoms with E-state index in [-0.39, 0.29) is 0 Å². The lowest BCUT2D eigenvalue weighted by atomic mass is 10.1. The Labute approximate surface area is 129 Å². The molecular weight excluding hydrogens is 316 g/mol. The van der Waals surface area contributed by atoms with Crippen molar-refractivity contribution >= 4 is 15.9 Å². The predicted molar refractivity (Wildman–Crippen MR) is 84.9 cm³/mol. The number of hydrogen-bond donors (Lipinski definition) is 1. The number of rotatable bonds is 3. The molecule has 2 fully saturated rings. The van der Waals surface area contributed by atoms with Gasteiger partial charge in [-0.25, -0.2) is 0 Å². The molecule has 1 aromatic carbocycles. The van der Waals surface area contributed by atoms with Crippen LogP contribution in [0.3, 0.4) is 0 Å². The van der Waals surface area contributed by atoms with Crippen LogP contribution in [0.4, 0.5) is 0 Å². The molecule has 1 saturated heterocycles. The Bertz CT molecular complexity index is 452. The number of hydrogen-bond acceptors (Lipinski definition) is 3. The first-order valence-electron chi connectivity index (χ1n) is 7.66. The van der Waals surface area contributed by atoms with Crippen LogP contribution < -0.4 is 0 Å². The summed E-state index contributed by atoms with van der Waals surface area (Å²) < 4.78 is 1.04. The largest absolute Gasteiger partial charge is 0.508 e. The fraction of sp³-hybridized carbons (Fsp3) is 0.625. The zero-order valence-corrected chi connectivity index (χ0v) is 13.5. The molecule has 1 N–H and O–H groups in total. The second kappa shape index (κ2) is 6.46. The molecule has 1 saturated carbocycles. The van der Waals surface area contributed by atoms with E-state index in [0.29, 0.717) is 5.75 Å². The highest BCUT2D eigenvalue weighted by Crippen LogP contribution is 2.26. The van der Waals surface area contributed by atoms with E-state index in [9.17, 15) is 5.11 Å². The van der Waals surface area contributed by atoms with E-state index in [1.807, 2.05) is 12.1 Å². The van der Waals surface area contributed by atoms with E-state index >= 15 is 0 Å². The van der Waals surface area contributed by atoms with Gasteiger partial charge in [0, 0.05) is 48.8 Å². The molecule has 0 radical (unpaired) electrons. The molecule has 1 heterocycles. The maximum absolute atomic E-state index is 9.93. The van der Waals surface area contributed by atoms with Crippen LogP contribution in [0.25, 0.3) is 0 Å². The first-order valence-corrected chi connectivity index (χ1v) is 8.45. The van der Waals surface area contributed by atoms with Gasteiger partial charge in [0.1, 0.15) is 5.75 Å². The first kappa shape index (κ1) is 14.4. The molecule has 0 spiro atoms. The third kappa shape index (κ3) is 3.35. The van der Waals surface area contributed by atoms with Crippen molar-refractivity contribution in [1.82, 2.24) is 9.80 Å². The fourth-order valence-electron chi connectivity index (χ4n) is 3.48. The molecule has 0 atom stereocenters. The summed E-state index contributed by atoms with van der Waals surface area (Å²) in [5.41, 5.74) is 1.02. The lowest BCUT2D eigenvalue weighted by Gasteiger charge is -2.38. The zero-order valence-electron chi connectivity index (χ0n) is 11.9. The van der Waals surface area contributed by atoms with E-state index in [2.05, 4.69) is 25.7 Å². The summed E-state index contributed by atoms with van der Waals surface area (Å²) in [6, 6.07) is 6.53. The number of nitrogens with zero attached hydrogens (tertiary/aromatic N) is 2. The van der Waals surface area contributed by atoms with E-state index in [1.54, 1.807) is 6.07 Å². The van der Waals surface area contributed by atoms with Crippen molar-refractivity contribution in [3.05, 3.63) is 28.2 Å². The molecule has 0 bridgehead atoms. The topological polar surface area (TPSA) is 26.7 Å². The molecule has 0 aromatic heterocycles. The summed E-state index contributed by atoms with van der Waals surface area (Å²) in [6.45, 7) is 5.44. The minimum absolute atomic E-state index is 0.409. The standard InChI is InChI=1S/C16H23BrN2O/c17-14-5-6-16(20)13(11-14)12-18-7-9-19(10-8-18)15-3-1-2-4-15/h5-6,11,15,20H,1-4,7-10,12H2. The summed E-state index contributed by atoms with van der Waals surface area (Å²) in [7, 11) is 0. The van der Waals surface area contributed by atoms with E-state index in [4.69, 9.17) is 0 Å². The van der Waals surface area contributed by atoms with Crippen molar-refractivity contribution in [2.24, 2.45) is 0 Å². The Morgan fingerprint density at radius 3 is 2.50 bits per heavy atom. The SMILES string of the molecule is Oc1ccc(Br)cc1CN1CCN(C2CCCC2)CC1. The molecule has 1 aliphatic heterocycles. The number of phenols is 1. The van der Waals surface area contributed by atoms with Crippen molar-refractivity contribution in [2.75, 3.05) is 26.2 Å². The molecule has 110 valence electrons. The van der Waals surface area contributed by atoms with Gasteiger partial charge in [-0.1, -0.05) is 28.8 Å². The quantitative estimate of drug-likeness (QED) is 0.916. The molecule has 1 aliphatic carbocycles. The Hall–Kier alpha value is -0.580. The fourth-order valence-corrected chi connectivity index (χ4v) is 3.89. The number of aromatic hydroxyl groups is 1. The van der Waals surface area contributed by atoms with Gasteiger partial charge in [-0.15, -0.1) is 0 Å². The van der Waals surface area contributed by atoms with Crippen LogP contribution in [0.5, 0.6) is 5.75 Å². The normalized spacial score (nSPS) is 22.4. The Balaban J connectivity index is 1.54. The van der Waals surface area contributed by atoms with E-state index in [1.165, 1.54) is 38.8 Å². The highest BCUT2D eigenvalue weighted by Gasteiger charge is 2.26. The summed E-state index contributed by atoms with van der Waals surface area (Å²) >= 11 is 3.48. The Kier molecular flexibility index (Phi) is 4.64. The molecule has 0 amide bonds. The maximum Gasteiger partial charge on any atom is 0.120 e. The van der Waals surface area contributed by atoms with Gasteiger partial charge < -0.3 is 5.11 Å². The van der Waals surface area contributed by atoms with Gasteiger partial charge in [0.25, 0.3) is 0 Å². The van der Waals surface area contributed by atoms with Crippen molar-refractivity contribution in [2.45, 2.75) is 38.3 Å². The van der Waals surface area contributed by atoms with Crippen molar-refractivity contribution in [3.8, 4) is 5.75 Å². The molecule has 3 nitrogen and oxygen atoms in total. The Morgan fingerprint density at radius 2 is 1.80 bits per heavy atom. The second-order valence-corrected chi connectivity index (χ2v) is 6.94. The van der Waals surface area contributed by atoms with Crippen LogP contribution >= 0.6 is 15.9 Å². The van der Waals surface area contributed by atoms with Gasteiger partial charge in [-0.2, -0.15) is 0 Å². The van der Waals surface area contributed by atoms with E-state index < -0.39 is 0 Å². The van der Waals surface area contributed by atoms with Crippen LogP contribution in [-0.4, -0.2) is 47.1 Å². The number of benzene rings is 1. The molecule has 4 heteroatoms. The molecular formula is C16H23BrN2O. The lowest BCUT2D eigenvalue weighted by molar-refractivity contribution is 0.0932. The maximum atomic E-state index is 9.93. The smallest absolute Gasteiger partial charge is 0.120 e. The minimum atomic E-state index is 0.409. The van der Waals surface area contributed by atoms with E-state index in [0.717, 1.165) is 35.7 Å². The van der Waals surface area contributed by atoms with Gasteiger partial charge in [0.05, 0.1) is 0 Å². The van der Waals surface area contributed by atoms with Crippen molar-refractivity contribution < 1.29 is 5.11 Å². The molecule has 1 aromatic rings. The second-order valence-electron chi connectivity index (χ2n) is 6.02. The highest BCUT2D eigenvalue weighted by molar-refractivity contribution is 9.10. The van der Waals surface area contributed by atoms with Crippen molar-refractivity contribution in [1.29, 1.82) is 0 Å². The third-order valence-electron chi connectivity index (χ3n) is 4.68. The van der Waals surface area contributed by atoms with Crippen molar-refractivity contribution in [3.63, 3.8) is 0 Å².